The molecule has 5 heteroatoms. The fourth-order valence-corrected chi connectivity index (χ4v) is 1.26. The van der Waals surface area contributed by atoms with Gasteiger partial charge in [0.1, 0.15) is 5.60 Å². The number of carboxylic acid groups (broad SMARTS) is 1. The molecule has 2 N–H and O–H groups in total. The topological polar surface area (TPSA) is 75.6 Å². The van der Waals surface area contributed by atoms with Crippen LogP contribution in [0.4, 0.5) is 4.79 Å². The van der Waals surface area contributed by atoms with Crippen LogP contribution in [0.15, 0.2) is 12.2 Å². The molecular formula is C13H23NO4. The molecule has 0 aliphatic carbocycles. The molecule has 0 spiro atoms. The molecule has 0 saturated carbocycles. The SMILES string of the molecule is CC[C@H](C)[C@@H](C=CC(=O)O)NC(=O)OC(C)(C)C. The van der Waals surface area contributed by atoms with E-state index >= 15 is 0 Å². The summed E-state index contributed by atoms with van der Waals surface area (Å²) in [6.45, 7) is 9.24. The predicted octanol–water partition coefficient (Wildman–Crippen LogP) is 2.57. The summed E-state index contributed by atoms with van der Waals surface area (Å²) in [7, 11) is 0. The zero-order valence-electron chi connectivity index (χ0n) is 11.7. The number of hydrogen-bond donors (Lipinski definition) is 2. The molecule has 0 aliphatic heterocycles. The first-order valence-corrected chi connectivity index (χ1v) is 6.06. The third kappa shape index (κ3) is 7.70. The summed E-state index contributed by atoms with van der Waals surface area (Å²) in [5.74, 6) is -0.901. The molecule has 0 bridgehead atoms. The van der Waals surface area contributed by atoms with Crippen LogP contribution in [0.1, 0.15) is 41.0 Å². The normalized spacial score (nSPS) is 15.2. The van der Waals surface area contributed by atoms with Crippen LogP contribution in [0, 0.1) is 5.92 Å². The van der Waals surface area contributed by atoms with Crippen LogP contribution in [-0.2, 0) is 9.53 Å². The van der Waals surface area contributed by atoms with Gasteiger partial charge in [-0.1, -0.05) is 26.3 Å². The molecule has 0 aromatic carbocycles. The third-order valence-electron chi connectivity index (χ3n) is 2.39. The third-order valence-corrected chi connectivity index (χ3v) is 2.39. The quantitative estimate of drug-likeness (QED) is 0.742. The Bertz CT molecular complexity index is 317. The Kier molecular flexibility index (Phi) is 6.44. The van der Waals surface area contributed by atoms with Gasteiger partial charge < -0.3 is 15.2 Å². The first-order valence-electron chi connectivity index (χ1n) is 6.06. The van der Waals surface area contributed by atoms with E-state index in [1.54, 1.807) is 20.8 Å². The van der Waals surface area contributed by atoms with Gasteiger partial charge in [0.15, 0.2) is 0 Å². The highest BCUT2D eigenvalue weighted by atomic mass is 16.6. The Morgan fingerprint density at radius 3 is 2.33 bits per heavy atom. The van der Waals surface area contributed by atoms with Crippen molar-refractivity contribution < 1.29 is 19.4 Å². The van der Waals surface area contributed by atoms with Crippen molar-refractivity contribution >= 4 is 12.1 Å². The summed E-state index contributed by atoms with van der Waals surface area (Å²) in [5, 5.41) is 11.3. The number of hydrogen-bond acceptors (Lipinski definition) is 3. The number of carboxylic acids is 1. The Morgan fingerprint density at radius 2 is 1.94 bits per heavy atom. The lowest BCUT2D eigenvalue weighted by atomic mass is 9.99. The number of alkyl carbamates (subject to hydrolysis) is 1. The summed E-state index contributed by atoms with van der Waals surface area (Å²) in [6.07, 6.45) is 2.79. The molecule has 0 aromatic rings. The van der Waals surface area contributed by atoms with Crippen LogP contribution >= 0.6 is 0 Å². The Morgan fingerprint density at radius 1 is 1.39 bits per heavy atom. The van der Waals surface area contributed by atoms with E-state index in [9.17, 15) is 9.59 Å². The zero-order chi connectivity index (χ0) is 14.3. The van der Waals surface area contributed by atoms with Crippen LogP contribution < -0.4 is 5.32 Å². The van der Waals surface area contributed by atoms with Gasteiger partial charge in [-0.15, -0.1) is 0 Å². The van der Waals surface area contributed by atoms with Crippen molar-refractivity contribution in [1.82, 2.24) is 5.32 Å². The molecule has 1 amide bonds. The number of carbonyl (C=O) groups is 2. The van der Waals surface area contributed by atoms with Gasteiger partial charge in [0, 0.05) is 6.08 Å². The standard InChI is InChI=1S/C13H23NO4/c1-6-9(2)10(7-8-11(15)16)14-12(17)18-13(3,4)5/h7-10H,6H2,1-5H3,(H,14,17)(H,15,16)/t9-,10+/m0/s1. The Labute approximate surface area is 108 Å². The van der Waals surface area contributed by atoms with Crippen molar-refractivity contribution in [1.29, 1.82) is 0 Å². The predicted molar refractivity (Wildman–Crippen MR) is 69.4 cm³/mol. The molecule has 0 radical (unpaired) electrons. The average Bonchev–Trinajstić information content (AvgIpc) is 2.20. The summed E-state index contributed by atoms with van der Waals surface area (Å²) in [4.78, 5) is 22.1. The second kappa shape index (κ2) is 7.03. The molecule has 0 heterocycles. The number of ether oxygens (including phenoxy) is 1. The van der Waals surface area contributed by atoms with Gasteiger partial charge in [-0.25, -0.2) is 9.59 Å². The van der Waals surface area contributed by atoms with Gasteiger partial charge in [0.2, 0.25) is 0 Å². The largest absolute Gasteiger partial charge is 0.478 e. The van der Waals surface area contributed by atoms with Crippen molar-refractivity contribution in [2.24, 2.45) is 5.92 Å². The number of aliphatic carboxylic acids is 1. The molecule has 0 unspecified atom stereocenters. The van der Waals surface area contributed by atoms with E-state index < -0.39 is 17.7 Å². The van der Waals surface area contributed by atoms with E-state index in [0.29, 0.717) is 0 Å². The van der Waals surface area contributed by atoms with Gasteiger partial charge in [0.05, 0.1) is 6.04 Å². The molecular weight excluding hydrogens is 234 g/mol. The lowest BCUT2D eigenvalue weighted by Gasteiger charge is -2.24. The van der Waals surface area contributed by atoms with Crippen molar-refractivity contribution in [3.05, 3.63) is 12.2 Å². The number of nitrogens with one attached hydrogen (secondary N) is 1. The van der Waals surface area contributed by atoms with E-state index in [4.69, 9.17) is 9.84 Å². The smallest absolute Gasteiger partial charge is 0.408 e. The highest BCUT2D eigenvalue weighted by Crippen LogP contribution is 2.11. The lowest BCUT2D eigenvalue weighted by Crippen LogP contribution is -2.41. The monoisotopic (exact) mass is 257 g/mol. The van der Waals surface area contributed by atoms with E-state index in [1.807, 2.05) is 13.8 Å². The fourth-order valence-electron chi connectivity index (χ4n) is 1.26. The van der Waals surface area contributed by atoms with Gasteiger partial charge in [-0.05, 0) is 26.7 Å². The maximum Gasteiger partial charge on any atom is 0.408 e. The highest BCUT2D eigenvalue weighted by molar-refractivity contribution is 5.80. The molecule has 0 rings (SSSR count). The zero-order valence-corrected chi connectivity index (χ0v) is 11.7. The Balaban J connectivity index is 4.60. The molecule has 0 saturated heterocycles. The van der Waals surface area contributed by atoms with Crippen LogP contribution in [0.5, 0.6) is 0 Å². The van der Waals surface area contributed by atoms with Crippen LogP contribution in [0.3, 0.4) is 0 Å². The molecule has 18 heavy (non-hydrogen) atoms. The van der Waals surface area contributed by atoms with Crippen molar-refractivity contribution in [2.45, 2.75) is 52.7 Å². The van der Waals surface area contributed by atoms with E-state index in [2.05, 4.69) is 5.32 Å². The molecule has 5 nitrogen and oxygen atoms in total. The van der Waals surface area contributed by atoms with E-state index in [-0.39, 0.29) is 12.0 Å². The van der Waals surface area contributed by atoms with E-state index in [0.717, 1.165) is 12.5 Å². The summed E-state index contributed by atoms with van der Waals surface area (Å²) < 4.78 is 5.14. The first kappa shape index (κ1) is 16.5. The fraction of sp³-hybridized carbons (Fsp3) is 0.692. The minimum Gasteiger partial charge on any atom is -0.478 e. The van der Waals surface area contributed by atoms with Crippen LogP contribution in [-0.4, -0.2) is 28.8 Å². The minimum absolute atomic E-state index is 0.133. The molecule has 2 atom stereocenters. The summed E-state index contributed by atoms with van der Waals surface area (Å²) in [5.41, 5.74) is -0.569. The number of rotatable bonds is 5. The average molecular weight is 257 g/mol. The van der Waals surface area contributed by atoms with Crippen molar-refractivity contribution in [3.8, 4) is 0 Å². The molecule has 0 fully saturated rings. The first-order chi connectivity index (χ1) is 8.15. The molecule has 0 aliphatic rings. The van der Waals surface area contributed by atoms with Crippen molar-refractivity contribution in [3.63, 3.8) is 0 Å². The minimum atomic E-state index is -1.03. The van der Waals surface area contributed by atoms with Gasteiger partial charge >= 0.3 is 12.1 Å². The van der Waals surface area contributed by atoms with Gasteiger partial charge in [-0.3, -0.25) is 0 Å². The Hall–Kier alpha value is -1.52. The van der Waals surface area contributed by atoms with Crippen molar-refractivity contribution in [2.75, 3.05) is 0 Å². The van der Waals surface area contributed by atoms with E-state index in [1.165, 1.54) is 6.08 Å². The van der Waals surface area contributed by atoms with Crippen LogP contribution in [0.2, 0.25) is 0 Å². The number of amides is 1. The maximum absolute atomic E-state index is 11.6. The molecule has 0 aromatic heterocycles. The number of carbonyl (C=O) groups excluding carboxylic acids is 1. The van der Waals surface area contributed by atoms with Gasteiger partial charge in [0.25, 0.3) is 0 Å². The summed E-state index contributed by atoms with van der Waals surface area (Å²) >= 11 is 0. The van der Waals surface area contributed by atoms with Crippen LogP contribution in [0.25, 0.3) is 0 Å². The highest BCUT2D eigenvalue weighted by Gasteiger charge is 2.21. The second-order valence-corrected chi connectivity index (χ2v) is 5.25. The van der Waals surface area contributed by atoms with Gasteiger partial charge in [-0.2, -0.15) is 0 Å². The maximum atomic E-state index is 11.6. The molecule has 104 valence electrons. The lowest BCUT2D eigenvalue weighted by molar-refractivity contribution is -0.131. The second-order valence-electron chi connectivity index (χ2n) is 5.25. The summed E-state index contributed by atoms with van der Waals surface area (Å²) in [6, 6.07) is -0.346.